The Balaban J connectivity index is 1.99. The lowest BCUT2D eigenvalue weighted by Crippen LogP contribution is -2.34. The number of carbonyl (C=O) groups excluding carboxylic acids is 2. The molecule has 0 radical (unpaired) electrons. The third-order valence-corrected chi connectivity index (χ3v) is 4.40. The Morgan fingerprint density at radius 3 is 2.79 bits per heavy atom. The molecule has 2 N–H and O–H groups in total. The third-order valence-electron chi connectivity index (χ3n) is 4.40. The van der Waals surface area contributed by atoms with Gasteiger partial charge < -0.3 is 15.3 Å². The highest BCUT2D eigenvalue weighted by molar-refractivity contribution is 5.95. The molecule has 1 heterocycles. The van der Waals surface area contributed by atoms with Crippen LogP contribution in [0.3, 0.4) is 0 Å². The van der Waals surface area contributed by atoms with E-state index >= 15 is 0 Å². The van der Waals surface area contributed by atoms with Crippen molar-refractivity contribution >= 4 is 11.8 Å². The fourth-order valence-electron chi connectivity index (χ4n) is 2.97. The topological polar surface area (TPSA) is 69.6 Å². The molecule has 24 heavy (non-hydrogen) atoms. The smallest absolute Gasteiger partial charge is 0.253 e. The molecule has 2 amide bonds. The first kappa shape index (κ1) is 18.5. The SMILES string of the molecule is CCNC(=O)[C@H]1CCN(C(=O)c2cccc(CCC(C)(C)O)c2)C1. The second kappa shape index (κ2) is 7.79. The van der Waals surface area contributed by atoms with E-state index in [9.17, 15) is 14.7 Å². The van der Waals surface area contributed by atoms with E-state index in [1.807, 2.05) is 31.2 Å². The number of hydrogen-bond donors (Lipinski definition) is 2. The normalized spacial score (nSPS) is 17.8. The summed E-state index contributed by atoms with van der Waals surface area (Å²) in [6.07, 6.45) is 2.09. The van der Waals surface area contributed by atoms with Gasteiger partial charge in [-0.2, -0.15) is 0 Å². The van der Waals surface area contributed by atoms with E-state index in [1.165, 1.54) is 0 Å². The number of nitrogens with one attached hydrogen (secondary N) is 1. The number of nitrogens with zero attached hydrogens (tertiary/aromatic N) is 1. The van der Waals surface area contributed by atoms with Crippen molar-refractivity contribution in [1.29, 1.82) is 0 Å². The zero-order valence-corrected chi connectivity index (χ0v) is 14.8. The molecular formula is C19H28N2O3. The van der Waals surface area contributed by atoms with Crippen molar-refractivity contribution < 1.29 is 14.7 Å². The Morgan fingerprint density at radius 2 is 2.12 bits per heavy atom. The molecule has 1 aliphatic heterocycles. The Hall–Kier alpha value is -1.88. The molecule has 0 spiro atoms. The second-order valence-corrected chi connectivity index (χ2v) is 7.14. The van der Waals surface area contributed by atoms with Crippen LogP contribution in [0, 0.1) is 5.92 Å². The molecule has 0 aromatic heterocycles. The molecule has 132 valence electrons. The molecule has 1 aromatic carbocycles. The van der Waals surface area contributed by atoms with Crippen molar-refractivity contribution in [3.05, 3.63) is 35.4 Å². The molecule has 0 aliphatic carbocycles. The van der Waals surface area contributed by atoms with E-state index < -0.39 is 5.60 Å². The van der Waals surface area contributed by atoms with Crippen molar-refractivity contribution in [2.45, 2.75) is 45.6 Å². The Labute approximate surface area is 144 Å². The summed E-state index contributed by atoms with van der Waals surface area (Å²) in [5.74, 6) is -0.0918. The predicted octanol–water partition coefficient (Wildman–Crippen LogP) is 1.99. The van der Waals surface area contributed by atoms with E-state index in [2.05, 4.69) is 5.32 Å². The molecule has 1 fully saturated rings. The van der Waals surface area contributed by atoms with E-state index in [-0.39, 0.29) is 17.7 Å². The number of carbonyl (C=O) groups is 2. The van der Waals surface area contributed by atoms with E-state index in [4.69, 9.17) is 0 Å². The van der Waals surface area contributed by atoms with Crippen LogP contribution in [0.4, 0.5) is 0 Å². The lowest BCUT2D eigenvalue weighted by molar-refractivity contribution is -0.124. The number of hydrogen-bond acceptors (Lipinski definition) is 3. The quantitative estimate of drug-likeness (QED) is 0.837. The zero-order chi connectivity index (χ0) is 17.7. The van der Waals surface area contributed by atoms with Gasteiger partial charge in [-0.15, -0.1) is 0 Å². The Morgan fingerprint density at radius 1 is 1.38 bits per heavy atom. The molecule has 0 saturated carbocycles. The van der Waals surface area contributed by atoms with Gasteiger partial charge in [0.2, 0.25) is 5.91 Å². The van der Waals surface area contributed by atoms with Crippen LogP contribution in [0.15, 0.2) is 24.3 Å². The number of aliphatic hydroxyl groups is 1. The monoisotopic (exact) mass is 332 g/mol. The predicted molar refractivity (Wildman–Crippen MR) is 93.8 cm³/mol. The van der Waals surface area contributed by atoms with E-state index in [1.54, 1.807) is 18.7 Å². The number of rotatable bonds is 6. The molecular weight excluding hydrogens is 304 g/mol. The first-order chi connectivity index (χ1) is 11.3. The van der Waals surface area contributed by atoms with Crippen LogP contribution in [0.2, 0.25) is 0 Å². The molecule has 1 saturated heterocycles. The van der Waals surface area contributed by atoms with Gasteiger partial charge in [-0.05, 0) is 57.7 Å². The molecule has 2 rings (SSSR count). The first-order valence-electron chi connectivity index (χ1n) is 8.68. The summed E-state index contributed by atoms with van der Waals surface area (Å²) < 4.78 is 0. The van der Waals surface area contributed by atoms with Crippen LogP contribution in [0.25, 0.3) is 0 Å². The molecule has 0 bridgehead atoms. The third kappa shape index (κ3) is 5.06. The van der Waals surface area contributed by atoms with Gasteiger partial charge in [0, 0.05) is 25.2 Å². The van der Waals surface area contributed by atoms with Crippen LogP contribution < -0.4 is 5.32 Å². The van der Waals surface area contributed by atoms with Gasteiger partial charge in [0.15, 0.2) is 0 Å². The van der Waals surface area contributed by atoms with Gasteiger partial charge in [0.05, 0.1) is 11.5 Å². The highest BCUT2D eigenvalue weighted by Gasteiger charge is 2.31. The minimum Gasteiger partial charge on any atom is -0.390 e. The van der Waals surface area contributed by atoms with Crippen molar-refractivity contribution in [3.63, 3.8) is 0 Å². The average Bonchev–Trinajstić information content (AvgIpc) is 3.02. The van der Waals surface area contributed by atoms with Crippen LogP contribution >= 0.6 is 0 Å². The van der Waals surface area contributed by atoms with Gasteiger partial charge in [-0.3, -0.25) is 9.59 Å². The molecule has 1 aliphatic rings. The molecule has 5 nitrogen and oxygen atoms in total. The van der Waals surface area contributed by atoms with Crippen LogP contribution in [0.5, 0.6) is 0 Å². The van der Waals surface area contributed by atoms with Crippen molar-refractivity contribution in [3.8, 4) is 0 Å². The first-order valence-corrected chi connectivity index (χ1v) is 8.68. The van der Waals surface area contributed by atoms with Gasteiger partial charge in [0.1, 0.15) is 0 Å². The van der Waals surface area contributed by atoms with Gasteiger partial charge in [0.25, 0.3) is 5.91 Å². The fraction of sp³-hybridized carbons (Fsp3) is 0.579. The summed E-state index contributed by atoms with van der Waals surface area (Å²) in [5.41, 5.74) is 0.983. The maximum Gasteiger partial charge on any atom is 0.253 e. The molecule has 1 atom stereocenters. The maximum absolute atomic E-state index is 12.7. The zero-order valence-electron chi connectivity index (χ0n) is 14.8. The largest absolute Gasteiger partial charge is 0.390 e. The summed E-state index contributed by atoms with van der Waals surface area (Å²) in [7, 11) is 0. The summed E-state index contributed by atoms with van der Waals surface area (Å²) >= 11 is 0. The maximum atomic E-state index is 12.7. The molecule has 1 aromatic rings. The lowest BCUT2D eigenvalue weighted by atomic mass is 9.98. The van der Waals surface area contributed by atoms with Gasteiger partial charge in [-0.25, -0.2) is 0 Å². The van der Waals surface area contributed by atoms with Crippen LogP contribution in [0.1, 0.15) is 49.5 Å². The minimum absolute atomic E-state index is 0.0214. The number of likely N-dealkylation sites (tertiary alicyclic amines) is 1. The summed E-state index contributed by atoms with van der Waals surface area (Å²) in [4.78, 5) is 26.3. The minimum atomic E-state index is -0.713. The van der Waals surface area contributed by atoms with Gasteiger partial charge >= 0.3 is 0 Å². The van der Waals surface area contributed by atoms with Crippen molar-refractivity contribution in [2.24, 2.45) is 5.92 Å². The van der Waals surface area contributed by atoms with Crippen LogP contribution in [-0.2, 0) is 11.2 Å². The highest BCUT2D eigenvalue weighted by Crippen LogP contribution is 2.20. The van der Waals surface area contributed by atoms with Crippen molar-refractivity contribution in [2.75, 3.05) is 19.6 Å². The van der Waals surface area contributed by atoms with Gasteiger partial charge in [-0.1, -0.05) is 12.1 Å². The van der Waals surface area contributed by atoms with E-state index in [0.717, 1.165) is 18.4 Å². The Bertz CT molecular complexity index is 593. The summed E-state index contributed by atoms with van der Waals surface area (Å²) in [6.45, 7) is 7.19. The number of amides is 2. The number of aryl methyl sites for hydroxylation is 1. The van der Waals surface area contributed by atoms with E-state index in [0.29, 0.717) is 31.6 Å². The number of benzene rings is 1. The average molecular weight is 332 g/mol. The fourth-order valence-corrected chi connectivity index (χ4v) is 2.97. The second-order valence-electron chi connectivity index (χ2n) is 7.14. The summed E-state index contributed by atoms with van der Waals surface area (Å²) in [6, 6.07) is 7.57. The Kier molecular flexibility index (Phi) is 5.99. The molecule has 5 heteroatoms. The highest BCUT2D eigenvalue weighted by atomic mass is 16.3. The van der Waals surface area contributed by atoms with Crippen LogP contribution in [-0.4, -0.2) is 47.1 Å². The molecule has 0 unspecified atom stereocenters. The van der Waals surface area contributed by atoms with Crippen molar-refractivity contribution in [1.82, 2.24) is 10.2 Å². The standard InChI is InChI=1S/C19H28N2O3/c1-4-20-17(22)16-9-11-21(13-16)18(23)15-7-5-6-14(12-15)8-10-19(2,3)24/h5-7,12,16,24H,4,8-11,13H2,1-3H3,(H,20,22)/t16-/m0/s1. The summed E-state index contributed by atoms with van der Waals surface area (Å²) in [5, 5.41) is 12.7. The lowest BCUT2D eigenvalue weighted by Gasteiger charge is -2.18.